The molecule has 0 amide bonds. The Morgan fingerprint density at radius 3 is 3.00 bits per heavy atom. The minimum atomic E-state index is 0.0119. The van der Waals surface area contributed by atoms with Crippen LogP contribution in [0.1, 0.15) is 6.92 Å². The van der Waals surface area contributed by atoms with Crippen LogP contribution in [0, 0.1) is 0 Å². The third-order valence-corrected chi connectivity index (χ3v) is 1.66. The number of methoxy groups -OCH3 is 1. The Morgan fingerprint density at radius 2 is 2.50 bits per heavy atom. The molecule has 56 valence electrons. The maximum Gasteiger partial charge on any atom is 0.289 e. The van der Waals surface area contributed by atoms with Crippen molar-refractivity contribution in [2.45, 2.75) is 13.0 Å². The van der Waals surface area contributed by atoms with Gasteiger partial charge in [0.25, 0.3) is 6.02 Å². The van der Waals surface area contributed by atoms with Crippen molar-refractivity contribution in [3.63, 3.8) is 0 Å². The molecule has 4 heteroatoms. The zero-order valence-corrected chi connectivity index (χ0v) is 6.64. The molecule has 0 aromatic heterocycles. The Bertz CT molecular complexity index is 188. The Balaban J connectivity index is 2.64. The average molecular weight is 161 g/mol. The molecule has 0 aliphatic carbocycles. The van der Waals surface area contributed by atoms with Crippen molar-refractivity contribution in [3.8, 4) is 0 Å². The number of ether oxygens (including phenoxy) is 1. The van der Waals surface area contributed by atoms with Crippen molar-refractivity contribution in [1.29, 1.82) is 0 Å². The predicted octanol–water partition coefficient (Wildman–Crippen LogP) is 1.06. The first kappa shape index (κ1) is 7.41. The maximum atomic E-state index is 5.73. The van der Waals surface area contributed by atoms with Gasteiger partial charge >= 0.3 is 0 Å². The zero-order valence-electron chi connectivity index (χ0n) is 5.89. The molecule has 1 rings (SSSR count). The van der Waals surface area contributed by atoms with E-state index in [4.69, 9.17) is 16.3 Å². The number of aliphatic imine (C=N–C) groups is 1. The van der Waals surface area contributed by atoms with Crippen LogP contribution in [-0.2, 0) is 4.74 Å². The van der Waals surface area contributed by atoms with Crippen molar-refractivity contribution in [3.05, 3.63) is 11.2 Å². The summed E-state index contributed by atoms with van der Waals surface area (Å²) < 4.78 is 4.85. The van der Waals surface area contributed by atoms with E-state index in [1.165, 1.54) is 0 Å². The summed E-state index contributed by atoms with van der Waals surface area (Å²) >= 11 is 5.73. The molecule has 0 radical (unpaired) electrons. The number of hydrogen-bond donors (Lipinski definition) is 1. The number of nitrogens with one attached hydrogen (secondary N) is 1. The SMILES string of the molecule is COC1=NC(C)C(Cl)=CN1. The smallest absolute Gasteiger partial charge is 0.289 e. The summed E-state index contributed by atoms with van der Waals surface area (Å²) in [4.78, 5) is 4.06. The van der Waals surface area contributed by atoms with Gasteiger partial charge in [0.1, 0.15) is 0 Å². The number of nitrogens with zero attached hydrogens (tertiary/aromatic N) is 1. The third kappa shape index (κ3) is 1.42. The molecular weight excluding hydrogens is 152 g/mol. The lowest BCUT2D eigenvalue weighted by atomic mass is 10.3. The van der Waals surface area contributed by atoms with Crippen LogP contribution >= 0.6 is 11.6 Å². The van der Waals surface area contributed by atoms with Crippen molar-refractivity contribution in [1.82, 2.24) is 5.32 Å². The van der Waals surface area contributed by atoms with Crippen LogP contribution < -0.4 is 5.32 Å². The Hall–Kier alpha value is -0.700. The topological polar surface area (TPSA) is 33.6 Å². The molecule has 0 fully saturated rings. The number of rotatable bonds is 0. The number of halogens is 1. The molecule has 0 aromatic carbocycles. The maximum absolute atomic E-state index is 5.73. The second kappa shape index (κ2) is 2.92. The fourth-order valence-corrected chi connectivity index (χ4v) is 0.741. The minimum Gasteiger partial charge on any atom is -0.468 e. The van der Waals surface area contributed by atoms with Crippen molar-refractivity contribution < 1.29 is 4.74 Å². The van der Waals surface area contributed by atoms with Gasteiger partial charge in [-0.25, -0.2) is 4.99 Å². The van der Waals surface area contributed by atoms with E-state index in [0.717, 1.165) is 0 Å². The zero-order chi connectivity index (χ0) is 7.56. The molecule has 0 aromatic rings. The van der Waals surface area contributed by atoms with Crippen molar-refractivity contribution in [2.75, 3.05) is 7.11 Å². The van der Waals surface area contributed by atoms with E-state index >= 15 is 0 Å². The Labute approximate surface area is 64.7 Å². The fraction of sp³-hybridized carbons (Fsp3) is 0.500. The predicted molar refractivity (Wildman–Crippen MR) is 41.0 cm³/mol. The van der Waals surface area contributed by atoms with Gasteiger partial charge in [0.2, 0.25) is 0 Å². The lowest BCUT2D eigenvalue weighted by Crippen LogP contribution is -2.26. The standard InChI is InChI=1S/C6H9ClN2O/c1-4-5(7)3-8-6(9-4)10-2/h3-4H,1-2H3,(H,8,9). The van der Waals surface area contributed by atoms with E-state index in [1.54, 1.807) is 13.3 Å². The third-order valence-electron chi connectivity index (χ3n) is 1.24. The van der Waals surface area contributed by atoms with Gasteiger partial charge in [-0.1, -0.05) is 11.6 Å². The molecule has 1 atom stereocenters. The van der Waals surface area contributed by atoms with Gasteiger partial charge in [-0.3, -0.25) is 0 Å². The van der Waals surface area contributed by atoms with Gasteiger partial charge in [-0.15, -0.1) is 0 Å². The minimum absolute atomic E-state index is 0.0119. The van der Waals surface area contributed by atoms with Crippen LogP contribution in [-0.4, -0.2) is 19.2 Å². The summed E-state index contributed by atoms with van der Waals surface area (Å²) in [5, 5.41) is 3.48. The van der Waals surface area contributed by atoms with Crippen LogP contribution in [0.25, 0.3) is 0 Å². The van der Waals surface area contributed by atoms with Gasteiger partial charge in [0, 0.05) is 6.20 Å². The van der Waals surface area contributed by atoms with Crippen LogP contribution in [0.4, 0.5) is 0 Å². The van der Waals surface area contributed by atoms with E-state index in [9.17, 15) is 0 Å². The summed E-state index contributed by atoms with van der Waals surface area (Å²) in [7, 11) is 1.56. The van der Waals surface area contributed by atoms with Crippen LogP contribution in [0.5, 0.6) is 0 Å². The summed E-state index contributed by atoms with van der Waals surface area (Å²) in [6.45, 7) is 1.90. The molecule has 1 aliphatic heterocycles. The molecule has 1 heterocycles. The van der Waals surface area contributed by atoms with E-state index < -0.39 is 0 Å². The molecule has 0 saturated heterocycles. The van der Waals surface area contributed by atoms with Gasteiger partial charge in [0.05, 0.1) is 18.2 Å². The second-order valence-corrected chi connectivity index (χ2v) is 2.42. The first-order chi connectivity index (χ1) is 4.74. The van der Waals surface area contributed by atoms with Crippen molar-refractivity contribution >= 4 is 17.6 Å². The second-order valence-electron chi connectivity index (χ2n) is 1.99. The van der Waals surface area contributed by atoms with Crippen LogP contribution in [0.15, 0.2) is 16.2 Å². The quantitative estimate of drug-likeness (QED) is 0.575. The molecule has 10 heavy (non-hydrogen) atoms. The Kier molecular flexibility index (Phi) is 2.17. The van der Waals surface area contributed by atoms with Gasteiger partial charge in [-0.2, -0.15) is 0 Å². The fourth-order valence-electron chi connectivity index (χ4n) is 0.638. The Morgan fingerprint density at radius 1 is 1.80 bits per heavy atom. The van der Waals surface area contributed by atoms with Gasteiger partial charge in [0.15, 0.2) is 0 Å². The summed E-state index contributed by atoms with van der Waals surface area (Å²) in [5.74, 6) is 0. The molecule has 0 bridgehead atoms. The highest BCUT2D eigenvalue weighted by molar-refractivity contribution is 6.30. The molecule has 0 saturated carbocycles. The van der Waals surface area contributed by atoms with Gasteiger partial charge in [-0.05, 0) is 6.92 Å². The van der Waals surface area contributed by atoms with E-state index in [2.05, 4.69) is 10.3 Å². The molecule has 1 aliphatic rings. The number of amidine groups is 1. The van der Waals surface area contributed by atoms with Crippen molar-refractivity contribution in [2.24, 2.45) is 4.99 Å². The normalized spacial score (nSPS) is 24.5. The molecular formula is C6H9ClN2O. The largest absolute Gasteiger partial charge is 0.468 e. The van der Waals surface area contributed by atoms with E-state index in [1.807, 2.05) is 6.92 Å². The highest BCUT2D eigenvalue weighted by Crippen LogP contribution is 2.12. The molecule has 3 nitrogen and oxygen atoms in total. The van der Waals surface area contributed by atoms with E-state index in [0.29, 0.717) is 11.1 Å². The first-order valence-corrected chi connectivity index (χ1v) is 3.35. The van der Waals surface area contributed by atoms with Crippen LogP contribution in [0.2, 0.25) is 0 Å². The van der Waals surface area contributed by atoms with Crippen LogP contribution in [0.3, 0.4) is 0 Å². The summed E-state index contributed by atoms with van der Waals surface area (Å²) in [5.41, 5.74) is 0. The summed E-state index contributed by atoms with van der Waals surface area (Å²) in [6.07, 6.45) is 1.68. The lowest BCUT2D eigenvalue weighted by Gasteiger charge is -2.14. The highest BCUT2D eigenvalue weighted by atomic mass is 35.5. The number of hydrogen-bond acceptors (Lipinski definition) is 3. The molecule has 0 spiro atoms. The average Bonchev–Trinajstić information content (AvgIpc) is 1.95. The highest BCUT2D eigenvalue weighted by Gasteiger charge is 2.11. The molecule has 1 N–H and O–H groups in total. The monoisotopic (exact) mass is 160 g/mol. The lowest BCUT2D eigenvalue weighted by molar-refractivity contribution is 0.381. The first-order valence-electron chi connectivity index (χ1n) is 2.98. The van der Waals surface area contributed by atoms with Gasteiger partial charge < -0.3 is 10.1 Å². The van der Waals surface area contributed by atoms with E-state index in [-0.39, 0.29) is 6.04 Å². The summed E-state index contributed by atoms with van der Waals surface area (Å²) in [6, 6.07) is 0.523. The molecule has 1 unspecified atom stereocenters.